The summed E-state index contributed by atoms with van der Waals surface area (Å²) in [7, 11) is 0. The fourth-order valence-corrected chi connectivity index (χ4v) is 2.23. The number of carbonyl (C=O) groups excluding carboxylic acids is 1. The molecule has 0 radical (unpaired) electrons. The van der Waals surface area contributed by atoms with Crippen molar-refractivity contribution in [3.63, 3.8) is 0 Å². The van der Waals surface area contributed by atoms with Crippen molar-refractivity contribution in [3.05, 3.63) is 29.8 Å². The van der Waals surface area contributed by atoms with E-state index in [1.807, 2.05) is 6.92 Å². The van der Waals surface area contributed by atoms with Crippen LogP contribution >= 0.6 is 0 Å². The normalized spacial score (nSPS) is 22.8. The predicted molar refractivity (Wildman–Crippen MR) is 69.2 cm³/mol. The number of hydrogen-bond acceptors (Lipinski definition) is 4. The highest BCUT2D eigenvalue weighted by molar-refractivity contribution is 5.99. The minimum Gasteiger partial charge on any atom is -0.434 e. The lowest BCUT2D eigenvalue weighted by Gasteiger charge is -2.28. The largest absolute Gasteiger partial charge is 0.434 e. The zero-order valence-corrected chi connectivity index (χ0v) is 11.1. The van der Waals surface area contributed by atoms with E-state index in [1.54, 1.807) is 12.1 Å². The average molecular weight is 285 g/mol. The van der Waals surface area contributed by atoms with E-state index in [1.165, 1.54) is 12.1 Å². The first kappa shape index (κ1) is 14.9. The molecule has 1 aliphatic heterocycles. The van der Waals surface area contributed by atoms with Crippen LogP contribution in [0.15, 0.2) is 24.3 Å². The molecule has 6 heteroatoms. The van der Waals surface area contributed by atoms with E-state index in [0.29, 0.717) is 13.2 Å². The number of halogens is 2. The van der Waals surface area contributed by atoms with Crippen LogP contribution in [0.2, 0.25) is 0 Å². The molecule has 1 N–H and O–H groups in total. The lowest BCUT2D eigenvalue weighted by Crippen LogP contribution is -2.48. The molecule has 1 aromatic carbocycles. The number of nitrogens with one attached hydrogen (secondary N) is 1. The maximum absolute atomic E-state index is 12.3. The molecule has 2 atom stereocenters. The lowest BCUT2D eigenvalue weighted by molar-refractivity contribution is -0.0501. The van der Waals surface area contributed by atoms with E-state index in [-0.39, 0.29) is 35.6 Å². The van der Waals surface area contributed by atoms with Crippen molar-refractivity contribution in [2.75, 3.05) is 13.2 Å². The number of morpholine rings is 1. The van der Waals surface area contributed by atoms with Gasteiger partial charge in [-0.2, -0.15) is 8.78 Å². The van der Waals surface area contributed by atoms with Crippen LogP contribution in [0.25, 0.3) is 0 Å². The highest BCUT2D eigenvalue weighted by Crippen LogP contribution is 2.22. The zero-order valence-electron chi connectivity index (χ0n) is 11.1. The van der Waals surface area contributed by atoms with Gasteiger partial charge >= 0.3 is 6.61 Å². The molecule has 20 heavy (non-hydrogen) atoms. The van der Waals surface area contributed by atoms with Crippen molar-refractivity contribution in [2.24, 2.45) is 0 Å². The Morgan fingerprint density at radius 2 is 2.20 bits per heavy atom. The van der Waals surface area contributed by atoms with E-state index in [0.717, 1.165) is 0 Å². The van der Waals surface area contributed by atoms with Gasteiger partial charge in [-0.25, -0.2) is 0 Å². The molecule has 2 rings (SSSR count). The molecule has 0 aromatic heterocycles. The number of para-hydroxylation sites is 1. The Kier molecular flexibility index (Phi) is 5.03. The third-order valence-corrected chi connectivity index (χ3v) is 3.04. The third-order valence-electron chi connectivity index (χ3n) is 3.04. The monoisotopic (exact) mass is 285 g/mol. The summed E-state index contributed by atoms with van der Waals surface area (Å²) in [4.78, 5) is 12.2. The van der Waals surface area contributed by atoms with Crippen molar-refractivity contribution in [1.29, 1.82) is 0 Å². The molecule has 1 heterocycles. The van der Waals surface area contributed by atoms with E-state index in [2.05, 4.69) is 10.1 Å². The first-order chi connectivity index (χ1) is 9.56. The second-order valence-corrected chi connectivity index (χ2v) is 4.80. The van der Waals surface area contributed by atoms with Gasteiger partial charge in [0.25, 0.3) is 0 Å². The maximum atomic E-state index is 12.3. The molecule has 1 aliphatic rings. The summed E-state index contributed by atoms with van der Waals surface area (Å²) in [6, 6.07) is 6.11. The highest BCUT2D eigenvalue weighted by atomic mass is 19.3. The van der Waals surface area contributed by atoms with Gasteiger partial charge in [-0.3, -0.25) is 4.79 Å². The topological polar surface area (TPSA) is 47.6 Å². The van der Waals surface area contributed by atoms with Gasteiger partial charge in [-0.1, -0.05) is 12.1 Å². The number of Topliss-reactive ketones (excluding diaryl/α,β-unsaturated/α-hetero) is 1. The van der Waals surface area contributed by atoms with Gasteiger partial charge in [0.2, 0.25) is 0 Å². The van der Waals surface area contributed by atoms with E-state index in [9.17, 15) is 13.6 Å². The van der Waals surface area contributed by atoms with E-state index < -0.39 is 6.61 Å². The molecule has 1 aromatic rings. The second-order valence-electron chi connectivity index (χ2n) is 4.80. The van der Waals surface area contributed by atoms with Gasteiger partial charge in [0.15, 0.2) is 5.78 Å². The van der Waals surface area contributed by atoms with Crippen molar-refractivity contribution in [3.8, 4) is 5.75 Å². The number of carbonyl (C=O) groups is 1. The first-order valence-corrected chi connectivity index (χ1v) is 6.47. The van der Waals surface area contributed by atoms with Crippen LogP contribution < -0.4 is 10.1 Å². The Morgan fingerprint density at radius 1 is 1.45 bits per heavy atom. The summed E-state index contributed by atoms with van der Waals surface area (Å²) in [6.45, 7) is 0.0638. The van der Waals surface area contributed by atoms with Crippen LogP contribution in [0.1, 0.15) is 23.7 Å². The van der Waals surface area contributed by atoms with Crippen LogP contribution in [0.5, 0.6) is 5.75 Å². The summed E-state index contributed by atoms with van der Waals surface area (Å²) in [5.41, 5.74) is 0.174. The fraction of sp³-hybridized carbons (Fsp3) is 0.500. The molecule has 0 saturated carbocycles. The number of ether oxygens (including phenoxy) is 2. The van der Waals surface area contributed by atoms with Crippen molar-refractivity contribution in [2.45, 2.75) is 32.0 Å². The summed E-state index contributed by atoms with van der Waals surface area (Å²) in [6.07, 6.45) is 0.188. The van der Waals surface area contributed by atoms with E-state index >= 15 is 0 Å². The standard InChI is InChI=1S/C14H17F2NO3/c1-9-7-19-8-10(17-9)6-12(18)11-4-2-3-5-13(11)20-14(15)16/h2-5,9-10,14,17H,6-8H2,1H3. The first-order valence-electron chi connectivity index (χ1n) is 6.47. The Hall–Kier alpha value is -1.53. The van der Waals surface area contributed by atoms with Gasteiger partial charge in [0.1, 0.15) is 5.75 Å². The summed E-state index contributed by atoms with van der Waals surface area (Å²) in [5.74, 6) is -0.325. The Bertz CT molecular complexity index is 467. The fourth-order valence-electron chi connectivity index (χ4n) is 2.23. The molecule has 4 nitrogen and oxygen atoms in total. The van der Waals surface area contributed by atoms with Crippen molar-refractivity contribution < 1.29 is 23.0 Å². The van der Waals surface area contributed by atoms with Gasteiger partial charge in [-0.15, -0.1) is 0 Å². The van der Waals surface area contributed by atoms with E-state index in [4.69, 9.17) is 4.74 Å². The molecule has 0 spiro atoms. The van der Waals surface area contributed by atoms with Crippen LogP contribution in [-0.2, 0) is 4.74 Å². The van der Waals surface area contributed by atoms with Crippen LogP contribution in [0, 0.1) is 0 Å². The molecule has 0 amide bonds. The number of alkyl halides is 2. The van der Waals surface area contributed by atoms with Crippen LogP contribution in [-0.4, -0.2) is 37.7 Å². The third kappa shape index (κ3) is 3.98. The predicted octanol–water partition coefficient (Wildman–Crippen LogP) is 2.24. The SMILES string of the molecule is CC1COCC(CC(=O)c2ccccc2OC(F)F)N1. The Labute approximate surface area is 116 Å². The van der Waals surface area contributed by atoms with Crippen LogP contribution in [0.3, 0.4) is 0 Å². The highest BCUT2D eigenvalue weighted by Gasteiger charge is 2.23. The average Bonchev–Trinajstić information content (AvgIpc) is 2.38. The zero-order chi connectivity index (χ0) is 14.5. The molecule has 2 unspecified atom stereocenters. The molecule has 0 bridgehead atoms. The molecular weight excluding hydrogens is 268 g/mol. The van der Waals surface area contributed by atoms with Gasteiger partial charge in [0.05, 0.1) is 18.8 Å². The van der Waals surface area contributed by atoms with Crippen LogP contribution in [0.4, 0.5) is 8.78 Å². The maximum Gasteiger partial charge on any atom is 0.387 e. The van der Waals surface area contributed by atoms with Gasteiger partial charge < -0.3 is 14.8 Å². The van der Waals surface area contributed by atoms with Gasteiger partial charge in [-0.05, 0) is 19.1 Å². The van der Waals surface area contributed by atoms with Gasteiger partial charge in [0, 0.05) is 18.5 Å². The summed E-state index contributed by atoms with van der Waals surface area (Å²) >= 11 is 0. The van der Waals surface area contributed by atoms with Crippen molar-refractivity contribution >= 4 is 5.78 Å². The minimum atomic E-state index is -2.94. The smallest absolute Gasteiger partial charge is 0.387 e. The molecule has 0 aliphatic carbocycles. The molecule has 1 fully saturated rings. The minimum absolute atomic E-state index is 0.0859. The second kappa shape index (κ2) is 6.76. The molecule has 110 valence electrons. The number of rotatable bonds is 5. The Morgan fingerprint density at radius 3 is 2.90 bits per heavy atom. The Balaban J connectivity index is 2.05. The quantitative estimate of drug-likeness (QED) is 0.843. The number of hydrogen-bond donors (Lipinski definition) is 1. The molecular formula is C14H17F2NO3. The lowest BCUT2D eigenvalue weighted by atomic mass is 10.0. The number of ketones is 1. The molecule has 1 saturated heterocycles. The number of benzene rings is 1. The summed E-state index contributed by atoms with van der Waals surface area (Å²) < 4.78 is 34.3. The summed E-state index contributed by atoms with van der Waals surface area (Å²) in [5, 5.41) is 3.24. The van der Waals surface area contributed by atoms with Crippen molar-refractivity contribution in [1.82, 2.24) is 5.32 Å².